The van der Waals surface area contributed by atoms with Gasteiger partial charge in [0.1, 0.15) is 6.54 Å². The zero-order chi connectivity index (χ0) is 17.6. The minimum atomic E-state index is 0.172. The van der Waals surface area contributed by atoms with Crippen LogP contribution in [0.1, 0.15) is 19.4 Å². The highest BCUT2D eigenvalue weighted by Gasteiger charge is 2.14. The van der Waals surface area contributed by atoms with E-state index in [9.17, 15) is 4.79 Å². The number of carbonyl (C=O) groups excluding carboxylic acids is 1. The molecule has 3 rings (SSSR count). The lowest BCUT2D eigenvalue weighted by Gasteiger charge is -2.19. The molecule has 0 spiro atoms. The first-order valence-corrected chi connectivity index (χ1v) is 9.73. The Labute approximate surface area is 153 Å². The Morgan fingerprint density at radius 3 is 2.40 bits per heavy atom. The number of likely N-dealkylation sites (N-methyl/N-ethyl adjacent to an activating group) is 1. The van der Waals surface area contributed by atoms with Crippen molar-refractivity contribution < 1.29 is 4.79 Å². The molecule has 0 bridgehead atoms. The van der Waals surface area contributed by atoms with E-state index in [0.29, 0.717) is 6.54 Å². The Balaban J connectivity index is 1.84. The van der Waals surface area contributed by atoms with Crippen molar-refractivity contribution in [2.24, 2.45) is 0 Å². The predicted octanol–water partition coefficient (Wildman–Crippen LogP) is 4.80. The summed E-state index contributed by atoms with van der Waals surface area (Å²) in [6.45, 7) is 5.95. The quantitative estimate of drug-likeness (QED) is 0.571. The third kappa shape index (κ3) is 4.07. The number of rotatable bonds is 7. The van der Waals surface area contributed by atoms with Gasteiger partial charge >= 0.3 is 0 Å². The van der Waals surface area contributed by atoms with E-state index in [0.717, 1.165) is 24.4 Å². The number of thioether (sulfide) groups is 1. The first-order chi connectivity index (χ1) is 12.2. The molecule has 0 aliphatic heterocycles. The summed E-state index contributed by atoms with van der Waals surface area (Å²) in [7, 11) is 0. The summed E-state index contributed by atoms with van der Waals surface area (Å²) in [5, 5.41) is 1.22. The number of carbonyl (C=O) groups is 1. The van der Waals surface area contributed by atoms with Crippen LogP contribution >= 0.6 is 11.8 Å². The summed E-state index contributed by atoms with van der Waals surface area (Å²) < 4.78 is 2.09. The van der Waals surface area contributed by atoms with Crippen molar-refractivity contribution in [1.82, 2.24) is 9.47 Å². The Kier molecular flexibility index (Phi) is 5.82. The zero-order valence-electron chi connectivity index (χ0n) is 14.8. The van der Waals surface area contributed by atoms with Gasteiger partial charge in [-0.2, -0.15) is 0 Å². The molecular weight excluding hydrogens is 328 g/mol. The molecule has 0 fully saturated rings. The maximum absolute atomic E-state index is 12.5. The second kappa shape index (κ2) is 8.26. The topological polar surface area (TPSA) is 25.2 Å². The molecule has 0 saturated heterocycles. The molecule has 2 aromatic carbocycles. The Bertz CT molecular complexity index is 837. The lowest BCUT2D eigenvalue weighted by atomic mass is 10.2. The van der Waals surface area contributed by atoms with Gasteiger partial charge in [-0.25, -0.2) is 0 Å². The monoisotopic (exact) mass is 352 g/mol. The van der Waals surface area contributed by atoms with Crippen LogP contribution in [0, 0.1) is 0 Å². The number of fused-ring (bicyclic) bond motifs is 1. The number of benzene rings is 2. The average molecular weight is 353 g/mol. The minimum Gasteiger partial charge on any atom is -0.342 e. The van der Waals surface area contributed by atoms with Crippen LogP contribution in [0.25, 0.3) is 10.9 Å². The van der Waals surface area contributed by atoms with Gasteiger partial charge in [0.15, 0.2) is 0 Å². The molecule has 1 aromatic heterocycles. The standard InChI is InChI=1S/C21H24N2OS/c1-3-22(4-2)21(24)15-23-14-20(18-12-8-9-13-19(18)23)25-16-17-10-6-5-7-11-17/h5-14H,3-4,15-16H2,1-2H3. The second-order valence-electron chi connectivity index (χ2n) is 5.98. The number of para-hydroxylation sites is 1. The Morgan fingerprint density at radius 1 is 1.00 bits per heavy atom. The molecule has 0 radical (unpaired) electrons. The predicted molar refractivity (Wildman–Crippen MR) is 106 cm³/mol. The highest BCUT2D eigenvalue weighted by atomic mass is 32.2. The van der Waals surface area contributed by atoms with E-state index in [1.165, 1.54) is 15.8 Å². The summed E-state index contributed by atoms with van der Waals surface area (Å²) >= 11 is 1.83. The molecular formula is C21H24N2OS. The molecule has 0 atom stereocenters. The fraction of sp³-hybridized carbons (Fsp3) is 0.286. The van der Waals surface area contributed by atoms with E-state index in [1.807, 2.05) is 42.6 Å². The number of hydrogen-bond acceptors (Lipinski definition) is 2. The van der Waals surface area contributed by atoms with E-state index < -0.39 is 0 Å². The van der Waals surface area contributed by atoms with Crippen molar-refractivity contribution in [3.8, 4) is 0 Å². The van der Waals surface area contributed by atoms with Gasteiger partial charge in [0.05, 0.1) is 0 Å². The van der Waals surface area contributed by atoms with Crippen LogP contribution in [-0.2, 0) is 17.1 Å². The molecule has 0 saturated carbocycles. The Morgan fingerprint density at radius 2 is 1.68 bits per heavy atom. The molecule has 3 nitrogen and oxygen atoms in total. The van der Waals surface area contributed by atoms with Crippen molar-refractivity contribution in [1.29, 1.82) is 0 Å². The number of aromatic nitrogens is 1. The third-order valence-electron chi connectivity index (χ3n) is 4.41. The molecule has 130 valence electrons. The maximum Gasteiger partial charge on any atom is 0.242 e. The normalized spacial score (nSPS) is 11.0. The van der Waals surface area contributed by atoms with Gasteiger partial charge in [0, 0.05) is 40.8 Å². The van der Waals surface area contributed by atoms with E-state index in [-0.39, 0.29) is 5.91 Å². The van der Waals surface area contributed by atoms with Gasteiger partial charge in [-0.15, -0.1) is 11.8 Å². The van der Waals surface area contributed by atoms with Crippen LogP contribution in [0.15, 0.2) is 65.7 Å². The molecule has 4 heteroatoms. The van der Waals surface area contributed by atoms with Gasteiger partial charge in [0.25, 0.3) is 0 Å². The molecule has 1 heterocycles. The first-order valence-electron chi connectivity index (χ1n) is 8.75. The van der Waals surface area contributed by atoms with E-state index in [2.05, 4.69) is 53.2 Å². The summed E-state index contributed by atoms with van der Waals surface area (Å²) in [5.74, 6) is 1.10. The lowest BCUT2D eigenvalue weighted by molar-refractivity contribution is -0.131. The molecule has 1 amide bonds. The minimum absolute atomic E-state index is 0.172. The van der Waals surface area contributed by atoms with E-state index in [1.54, 1.807) is 0 Å². The summed E-state index contributed by atoms with van der Waals surface area (Å²) in [4.78, 5) is 15.6. The number of amides is 1. The molecule has 3 aromatic rings. The van der Waals surface area contributed by atoms with Gasteiger partial charge in [-0.05, 0) is 25.5 Å². The second-order valence-corrected chi connectivity index (χ2v) is 7.00. The van der Waals surface area contributed by atoms with Crippen molar-refractivity contribution >= 4 is 28.6 Å². The molecule has 0 unspecified atom stereocenters. The van der Waals surface area contributed by atoms with E-state index in [4.69, 9.17) is 0 Å². The van der Waals surface area contributed by atoms with Gasteiger partial charge in [-0.1, -0.05) is 48.5 Å². The van der Waals surface area contributed by atoms with Crippen LogP contribution in [0.2, 0.25) is 0 Å². The lowest BCUT2D eigenvalue weighted by Crippen LogP contribution is -2.33. The fourth-order valence-electron chi connectivity index (χ4n) is 3.02. The van der Waals surface area contributed by atoms with Crippen molar-refractivity contribution in [3.63, 3.8) is 0 Å². The summed E-state index contributed by atoms with van der Waals surface area (Å²) in [6.07, 6.45) is 2.12. The van der Waals surface area contributed by atoms with Crippen molar-refractivity contribution in [2.75, 3.05) is 13.1 Å². The highest BCUT2D eigenvalue weighted by molar-refractivity contribution is 7.98. The van der Waals surface area contributed by atoms with Gasteiger partial charge in [-0.3, -0.25) is 4.79 Å². The molecule has 25 heavy (non-hydrogen) atoms. The van der Waals surface area contributed by atoms with Crippen LogP contribution < -0.4 is 0 Å². The zero-order valence-corrected chi connectivity index (χ0v) is 15.6. The molecule has 0 aliphatic rings. The van der Waals surface area contributed by atoms with Crippen LogP contribution in [0.3, 0.4) is 0 Å². The Hall–Kier alpha value is -2.20. The number of nitrogens with zero attached hydrogens (tertiary/aromatic N) is 2. The summed E-state index contributed by atoms with van der Waals surface area (Å²) in [5.41, 5.74) is 2.43. The van der Waals surface area contributed by atoms with Crippen LogP contribution in [0.4, 0.5) is 0 Å². The average Bonchev–Trinajstić information content (AvgIpc) is 3.00. The van der Waals surface area contributed by atoms with Crippen LogP contribution in [-0.4, -0.2) is 28.5 Å². The summed E-state index contributed by atoms with van der Waals surface area (Å²) in [6, 6.07) is 18.8. The largest absolute Gasteiger partial charge is 0.342 e. The smallest absolute Gasteiger partial charge is 0.242 e. The van der Waals surface area contributed by atoms with E-state index >= 15 is 0 Å². The molecule has 0 aliphatic carbocycles. The fourth-order valence-corrected chi connectivity index (χ4v) is 4.06. The number of hydrogen-bond donors (Lipinski definition) is 0. The van der Waals surface area contributed by atoms with Crippen LogP contribution in [0.5, 0.6) is 0 Å². The first kappa shape index (κ1) is 17.6. The SMILES string of the molecule is CCN(CC)C(=O)Cn1cc(SCc2ccccc2)c2ccccc21. The third-order valence-corrected chi connectivity index (χ3v) is 5.52. The van der Waals surface area contributed by atoms with Crippen molar-refractivity contribution in [2.45, 2.75) is 31.0 Å². The highest BCUT2D eigenvalue weighted by Crippen LogP contribution is 2.32. The maximum atomic E-state index is 12.5. The van der Waals surface area contributed by atoms with Crippen molar-refractivity contribution in [3.05, 3.63) is 66.4 Å². The van der Waals surface area contributed by atoms with Gasteiger partial charge < -0.3 is 9.47 Å². The molecule has 0 N–H and O–H groups in total. The van der Waals surface area contributed by atoms with Gasteiger partial charge in [0.2, 0.25) is 5.91 Å².